The highest BCUT2D eigenvalue weighted by molar-refractivity contribution is 5.93. The fraction of sp³-hybridized carbons (Fsp3) is 0.357. The first-order valence-corrected chi connectivity index (χ1v) is 6.02. The molecule has 1 heterocycles. The van der Waals surface area contributed by atoms with Crippen LogP contribution in [0.4, 0.5) is 0 Å². The number of nitrogens with zero attached hydrogens (tertiary/aromatic N) is 1. The molecule has 2 N–H and O–H groups in total. The number of hydrogen-bond donors (Lipinski definition) is 1. The molecule has 0 radical (unpaired) electrons. The minimum Gasteiger partial charge on any atom is -0.366 e. The molecular weight excluding hydrogens is 212 g/mol. The van der Waals surface area contributed by atoms with Gasteiger partial charge in [-0.05, 0) is 36.2 Å². The van der Waals surface area contributed by atoms with Gasteiger partial charge in [-0.3, -0.25) is 9.69 Å². The van der Waals surface area contributed by atoms with Gasteiger partial charge in [0.1, 0.15) is 0 Å². The molecule has 90 valence electrons. The largest absolute Gasteiger partial charge is 0.366 e. The van der Waals surface area contributed by atoms with Gasteiger partial charge in [0, 0.05) is 18.7 Å². The zero-order valence-electron chi connectivity index (χ0n) is 10.1. The third-order valence-corrected chi connectivity index (χ3v) is 3.28. The van der Waals surface area contributed by atoms with Gasteiger partial charge < -0.3 is 5.73 Å². The molecule has 3 nitrogen and oxygen atoms in total. The van der Waals surface area contributed by atoms with Crippen LogP contribution in [-0.4, -0.2) is 30.4 Å². The van der Waals surface area contributed by atoms with E-state index in [2.05, 4.69) is 17.9 Å². The molecule has 0 saturated carbocycles. The molecule has 0 atom stereocenters. The minimum absolute atomic E-state index is 0.369. The summed E-state index contributed by atoms with van der Waals surface area (Å²) in [6, 6.07) is 7.55. The summed E-state index contributed by atoms with van der Waals surface area (Å²) in [4.78, 5) is 13.4. The summed E-state index contributed by atoms with van der Waals surface area (Å²) in [5.41, 5.74) is 8.35. The standard InChI is InChI=1S/C14H18N2O/c1-2-16-9-7-12(8-10-16)11-3-5-13(6-4-11)14(15)17/h3-7H,2,8-10H2,1H3,(H2,15,17). The van der Waals surface area contributed by atoms with Gasteiger partial charge in [-0.15, -0.1) is 0 Å². The molecule has 0 aromatic heterocycles. The van der Waals surface area contributed by atoms with Crippen LogP contribution >= 0.6 is 0 Å². The molecule has 1 aromatic rings. The molecule has 0 fully saturated rings. The van der Waals surface area contributed by atoms with Gasteiger partial charge in [0.2, 0.25) is 5.91 Å². The van der Waals surface area contributed by atoms with Gasteiger partial charge in [-0.2, -0.15) is 0 Å². The SMILES string of the molecule is CCN1CC=C(c2ccc(C(N)=O)cc2)CC1. The van der Waals surface area contributed by atoms with Crippen molar-refractivity contribution in [2.45, 2.75) is 13.3 Å². The fourth-order valence-corrected chi connectivity index (χ4v) is 2.11. The van der Waals surface area contributed by atoms with Crippen LogP contribution in [0.15, 0.2) is 30.3 Å². The van der Waals surface area contributed by atoms with E-state index in [1.165, 1.54) is 11.1 Å². The first-order valence-electron chi connectivity index (χ1n) is 6.02. The van der Waals surface area contributed by atoms with Crippen molar-refractivity contribution in [2.24, 2.45) is 5.73 Å². The highest BCUT2D eigenvalue weighted by Gasteiger charge is 2.11. The zero-order valence-corrected chi connectivity index (χ0v) is 10.1. The molecule has 0 bridgehead atoms. The van der Waals surface area contributed by atoms with Crippen molar-refractivity contribution in [3.63, 3.8) is 0 Å². The third kappa shape index (κ3) is 2.74. The zero-order chi connectivity index (χ0) is 12.3. The predicted molar refractivity (Wildman–Crippen MR) is 69.7 cm³/mol. The number of hydrogen-bond acceptors (Lipinski definition) is 2. The molecule has 0 spiro atoms. The third-order valence-electron chi connectivity index (χ3n) is 3.28. The van der Waals surface area contributed by atoms with Gasteiger partial charge in [0.05, 0.1) is 0 Å². The molecule has 1 aliphatic rings. The average molecular weight is 230 g/mol. The number of rotatable bonds is 3. The van der Waals surface area contributed by atoms with Gasteiger partial charge in [0.15, 0.2) is 0 Å². The van der Waals surface area contributed by atoms with Crippen LogP contribution < -0.4 is 5.73 Å². The average Bonchev–Trinajstić information content (AvgIpc) is 2.39. The second-order valence-corrected chi connectivity index (χ2v) is 4.31. The summed E-state index contributed by atoms with van der Waals surface area (Å²) in [5, 5.41) is 0. The number of primary amides is 1. The Hall–Kier alpha value is -1.61. The molecule has 0 unspecified atom stereocenters. The molecule has 2 rings (SSSR count). The quantitative estimate of drug-likeness (QED) is 0.862. The maximum Gasteiger partial charge on any atom is 0.248 e. The van der Waals surface area contributed by atoms with Crippen LogP contribution in [-0.2, 0) is 0 Å². The van der Waals surface area contributed by atoms with Crippen LogP contribution in [0.2, 0.25) is 0 Å². The minimum atomic E-state index is -0.369. The molecule has 1 aromatic carbocycles. The Kier molecular flexibility index (Phi) is 3.59. The second kappa shape index (κ2) is 5.15. The highest BCUT2D eigenvalue weighted by Crippen LogP contribution is 2.22. The Balaban J connectivity index is 2.13. The summed E-state index contributed by atoms with van der Waals surface area (Å²) < 4.78 is 0. The lowest BCUT2D eigenvalue weighted by Gasteiger charge is -2.24. The van der Waals surface area contributed by atoms with Crippen LogP contribution in [0.3, 0.4) is 0 Å². The van der Waals surface area contributed by atoms with E-state index in [1.54, 1.807) is 12.1 Å². The summed E-state index contributed by atoms with van der Waals surface area (Å²) in [5.74, 6) is -0.369. The Bertz CT molecular complexity index is 434. The van der Waals surface area contributed by atoms with E-state index in [1.807, 2.05) is 12.1 Å². The number of nitrogens with two attached hydrogens (primary N) is 1. The number of benzene rings is 1. The first-order chi connectivity index (χ1) is 8.20. The van der Waals surface area contributed by atoms with E-state index in [9.17, 15) is 4.79 Å². The fourth-order valence-electron chi connectivity index (χ4n) is 2.11. The van der Waals surface area contributed by atoms with E-state index < -0.39 is 0 Å². The van der Waals surface area contributed by atoms with Gasteiger partial charge in [-0.25, -0.2) is 0 Å². The molecule has 1 amide bonds. The van der Waals surface area contributed by atoms with Crippen molar-refractivity contribution >= 4 is 11.5 Å². The van der Waals surface area contributed by atoms with E-state index in [0.717, 1.165) is 26.1 Å². The van der Waals surface area contributed by atoms with Crippen LogP contribution in [0.1, 0.15) is 29.3 Å². The molecular formula is C14H18N2O. The van der Waals surface area contributed by atoms with E-state index in [0.29, 0.717) is 5.56 Å². The molecule has 1 aliphatic heterocycles. The number of carbonyl (C=O) groups excluding carboxylic acids is 1. The molecule has 17 heavy (non-hydrogen) atoms. The summed E-state index contributed by atoms with van der Waals surface area (Å²) in [7, 11) is 0. The van der Waals surface area contributed by atoms with Crippen LogP contribution in [0, 0.1) is 0 Å². The Morgan fingerprint density at radius 2 is 2.06 bits per heavy atom. The van der Waals surface area contributed by atoms with Crippen molar-refractivity contribution in [3.05, 3.63) is 41.5 Å². The normalized spacial score (nSPS) is 16.6. The van der Waals surface area contributed by atoms with Crippen molar-refractivity contribution in [1.82, 2.24) is 4.90 Å². The lowest BCUT2D eigenvalue weighted by molar-refractivity contribution is 0.100. The predicted octanol–water partition coefficient (Wildman–Crippen LogP) is 1.89. The van der Waals surface area contributed by atoms with Crippen molar-refractivity contribution in [3.8, 4) is 0 Å². The lowest BCUT2D eigenvalue weighted by Crippen LogP contribution is -2.28. The Labute approximate surface area is 102 Å². The second-order valence-electron chi connectivity index (χ2n) is 4.31. The Morgan fingerprint density at radius 1 is 1.35 bits per heavy atom. The Morgan fingerprint density at radius 3 is 2.53 bits per heavy atom. The van der Waals surface area contributed by atoms with Gasteiger partial charge in [-0.1, -0.05) is 25.1 Å². The molecule has 0 saturated heterocycles. The number of amides is 1. The highest BCUT2D eigenvalue weighted by atomic mass is 16.1. The maximum atomic E-state index is 11.0. The van der Waals surface area contributed by atoms with E-state index >= 15 is 0 Å². The monoisotopic (exact) mass is 230 g/mol. The lowest BCUT2D eigenvalue weighted by atomic mass is 9.98. The van der Waals surface area contributed by atoms with Gasteiger partial charge >= 0.3 is 0 Å². The van der Waals surface area contributed by atoms with E-state index in [4.69, 9.17) is 5.73 Å². The molecule has 3 heteroatoms. The van der Waals surface area contributed by atoms with Crippen LogP contribution in [0.25, 0.3) is 5.57 Å². The summed E-state index contributed by atoms with van der Waals surface area (Å²) >= 11 is 0. The smallest absolute Gasteiger partial charge is 0.248 e. The number of carbonyl (C=O) groups is 1. The van der Waals surface area contributed by atoms with Crippen molar-refractivity contribution in [2.75, 3.05) is 19.6 Å². The maximum absolute atomic E-state index is 11.0. The van der Waals surface area contributed by atoms with E-state index in [-0.39, 0.29) is 5.91 Å². The van der Waals surface area contributed by atoms with Crippen molar-refractivity contribution < 1.29 is 4.79 Å². The summed E-state index contributed by atoms with van der Waals surface area (Å²) in [6.07, 6.45) is 3.34. The van der Waals surface area contributed by atoms with Crippen molar-refractivity contribution in [1.29, 1.82) is 0 Å². The van der Waals surface area contributed by atoms with Crippen LogP contribution in [0.5, 0.6) is 0 Å². The first kappa shape index (κ1) is 11.9. The topological polar surface area (TPSA) is 46.3 Å². The summed E-state index contributed by atoms with van der Waals surface area (Å²) in [6.45, 7) is 5.41. The number of likely N-dealkylation sites (N-methyl/N-ethyl adjacent to an activating group) is 1. The van der Waals surface area contributed by atoms with Gasteiger partial charge in [0.25, 0.3) is 0 Å². The molecule has 0 aliphatic carbocycles.